The minimum atomic E-state index is -0.410. The molecule has 0 aliphatic carbocycles. The summed E-state index contributed by atoms with van der Waals surface area (Å²) in [7, 11) is 0. The second kappa shape index (κ2) is 8.64. The summed E-state index contributed by atoms with van der Waals surface area (Å²) in [5.41, 5.74) is 0.969. The number of hydrogen-bond acceptors (Lipinski definition) is 3. The topological polar surface area (TPSA) is 47.6 Å². The monoisotopic (exact) mass is 284 g/mol. The smallest absolute Gasteiger partial charge is 0.407 e. The maximum atomic E-state index is 11.5. The molecule has 0 unspecified atom stereocenters. The molecule has 21 heavy (non-hydrogen) atoms. The van der Waals surface area contributed by atoms with E-state index in [1.807, 2.05) is 48.5 Å². The maximum Gasteiger partial charge on any atom is 0.407 e. The van der Waals surface area contributed by atoms with Crippen molar-refractivity contribution in [2.45, 2.75) is 13.0 Å². The van der Waals surface area contributed by atoms with Crippen LogP contribution in [0.1, 0.15) is 12.0 Å². The van der Waals surface area contributed by atoms with Crippen molar-refractivity contribution in [2.75, 3.05) is 13.2 Å². The van der Waals surface area contributed by atoms with Crippen molar-refractivity contribution in [2.24, 2.45) is 0 Å². The van der Waals surface area contributed by atoms with Crippen molar-refractivity contribution < 1.29 is 14.3 Å². The van der Waals surface area contributed by atoms with Gasteiger partial charge in [-0.1, -0.05) is 42.5 Å². The predicted molar refractivity (Wildman–Crippen MR) is 80.0 cm³/mol. The largest absolute Gasteiger partial charge is 0.494 e. The Morgan fingerprint density at radius 1 is 1.14 bits per heavy atom. The molecule has 0 spiro atoms. The van der Waals surface area contributed by atoms with Crippen molar-refractivity contribution in [1.82, 2.24) is 5.32 Å². The van der Waals surface area contributed by atoms with Gasteiger partial charge in [0.25, 0.3) is 0 Å². The van der Waals surface area contributed by atoms with Crippen molar-refractivity contribution in [3.8, 4) is 5.75 Å². The van der Waals surface area contributed by atoms with E-state index in [1.165, 1.54) is 0 Å². The lowest BCUT2D eigenvalue weighted by molar-refractivity contribution is 0.139. The first kappa shape index (κ1) is 14.9. The average Bonchev–Trinajstić information content (AvgIpc) is 2.54. The molecule has 1 N–H and O–H groups in total. The third-order valence-electron chi connectivity index (χ3n) is 2.75. The highest BCUT2D eigenvalue weighted by Gasteiger charge is 2.01. The van der Waals surface area contributed by atoms with Gasteiger partial charge in [0.05, 0.1) is 6.61 Å². The molecule has 0 bridgehead atoms. The van der Waals surface area contributed by atoms with E-state index in [9.17, 15) is 4.79 Å². The third kappa shape index (κ3) is 5.99. The number of rotatable bonds is 7. The van der Waals surface area contributed by atoms with Crippen LogP contribution in [0.5, 0.6) is 5.75 Å². The van der Waals surface area contributed by atoms with E-state index in [1.54, 1.807) is 6.07 Å². The number of nitrogens with one attached hydrogen (secondary N) is 1. The van der Waals surface area contributed by atoms with E-state index < -0.39 is 6.09 Å². The minimum absolute atomic E-state index is 0.281. The molecule has 1 amide bonds. The third-order valence-corrected chi connectivity index (χ3v) is 2.75. The summed E-state index contributed by atoms with van der Waals surface area (Å²) in [6.07, 6.45) is 0.307. The molecule has 0 saturated heterocycles. The number of hydrogen-bond donors (Lipinski definition) is 1. The lowest BCUT2D eigenvalue weighted by Gasteiger charge is -2.08. The number of carbonyl (C=O) groups is 1. The molecule has 4 heteroatoms. The summed E-state index contributed by atoms with van der Waals surface area (Å²) in [6.45, 7) is 1.34. The second-order valence-electron chi connectivity index (χ2n) is 4.43. The fraction of sp³-hybridized carbons (Fsp3) is 0.235. The summed E-state index contributed by atoms with van der Waals surface area (Å²) in [6, 6.07) is 19.9. The molecule has 2 aromatic rings. The van der Waals surface area contributed by atoms with Gasteiger partial charge in [0.2, 0.25) is 0 Å². The lowest BCUT2D eigenvalue weighted by atomic mass is 10.2. The van der Waals surface area contributed by atoms with Crippen LogP contribution in [-0.2, 0) is 11.3 Å². The number of carbonyl (C=O) groups excluding carboxylic acids is 1. The van der Waals surface area contributed by atoms with E-state index in [0.717, 1.165) is 17.7 Å². The quantitative estimate of drug-likeness (QED) is 0.794. The standard InChI is InChI=1S/C17H18NO3/c19-17(21-14-15-8-3-1-4-9-15)18-12-7-13-20-16-10-5-2-6-11-16/h1-5,8-11H,7,12-14H2,(H,18,19). The first-order chi connectivity index (χ1) is 10.3. The van der Waals surface area contributed by atoms with Gasteiger partial charge in [-0.25, -0.2) is 4.79 Å². The van der Waals surface area contributed by atoms with Gasteiger partial charge < -0.3 is 14.8 Å². The van der Waals surface area contributed by atoms with Gasteiger partial charge in [-0.2, -0.15) is 0 Å². The van der Waals surface area contributed by atoms with Crippen molar-refractivity contribution in [1.29, 1.82) is 0 Å². The van der Waals surface area contributed by atoms with E-state index in [2.05, 4.69) is 11.4 Å². The lowest BCUT2D eigenvalue weighted by Crippen LogP contribution is -2.26. The molecule has 2 rings (SSSR count). The highest BCUT2D eigenvalue weighted by atomic mass is 16.5. The van der Waals surface area contributed by atoms with Crippen LogP contribution in [0.2, 0.25) is 0 Å². The molecular weight excluding hydrogens is 266 g/mol. The van der Waals surface area contributed by atoms with Crippen LogP contribution in [0.15, 0.2) is 54.6 Å². The van der Waals surface area contributed by atoms with Crippen LogP contribution in [0, 0.1) is 6.07 Å². The Hall–Kier alpha value is -2.49. The summed E-state index contributed by atoms with van der Waals surface area (Å²) in [4.78, 5) is 11.5. The van der Waals surface area contributed by atoms with E-state index in [0.29, 0.717) is 13.2 Å². The number of benzene rings is 2. The van der Waals surface area contributed by atoms with Crippen molar-refractivity contribution in [3.63, 3.8) is 0 Å². The second-order valence-corrected chi connectivity index (χ2v) is 4.43. The molecule has 4 nitrogen and oxygen atoms in total. The van der Waals surface area contributed by atoms with E-state index in [-0.39, 0.29) is 6.61 Å². The molecule has 0 fully saturated rings. The Balaban J connectivity index is 1.53. The van der Waals surface area contributed by atoms with Crippen molar-refractivity contribution in [3.05, 3.63) is 66.2 Å². The van der Waals surface area contributed by atoms with Crippen LogP contribution in [0.3, 0.4) is 0 Å². The van der Waals surface area contributed by atoms with Crippen LogP contribution < -0.4 is 10.1 Å². The predicted octanol–water partition coefficient (Wildman–Crippen LogP) is 3.18. The molecule has 0 saturated carbocycles. The molecule has 0 aromatic heterocycles. The Kier molecular flexibility index (Phi) is 6.13. The Morgan fingerprint density at radius 2 is 2.00 bits per heavy atom. The van der Waals surface area contributed by atoms with Gasteiger partial charge in [-0.3, -0.25) is 0 Å². The molecule has 1 radical (unpaired) electrons. The fourth-order valence-electron chi connectivity index (χ4n) is 1.69. The average molecular weight is 284 g/mol. The van der Waals surface area contributed by atoms with Crippen LogP contribution in [0.25, 0.3) is 0 Å². The number of amides is 1. The normalized spacial score (nSPS) is 9.90. The SMILES string of the molecule is O=C(NCCCOc1c[c]ccc1)OCc1ccccc1. The molecule has 2 aromatic carbocycles. The van der Waals surface area contributed by atoms with Crippen molar-refractivity contribution >= 4 is 6.09 Å². The summed E-state index contributed by atoms with van der Waals surface area (Å²) < 4.78 is 10.6. The Labute approximate surface area is 124 Å². The van der Waals surface area contributed by atoms with E-state index >= 15 is 0 Å². The minimum Gasteiger partial charge on any atom is -0.494 e. The first-order valence-electron chi connectivity index (χ1n) is 6.88. The van der Waals surface area contributed by atoms with Gasteiger partial charge >= 0.3 is 6.09 Å². The summed E-state index contributed by atoms with van der Waals surface area (Å²) in [5, 5.41) is 2.69. The highest BCUT2D eigenvalue weighted by Crippen LogP contribution is 2.07. The highest BCUT2D eigenvalue weighted by molar-refractivity contribution is 5.67. The number of ether oxygens (including phenoxy) is 2. The first-order valence-corrected chi connectivity index (χ1v) is 6.88. The fourth-order valence-corrected chi connectivity index (χ4v) is 1.69. The maximum absolute atomic E-state index is 11.5. The molecule has 109 valence electrons. The van der Waals surface area contributed by atoms with Gasteiger partial charge in [-0.15, -0.1) is 0 Å². The zero-order valence-electron chi connectivity index (χ0n) is 11.7. The van der Waals surface area contributed by atoms with Gasteiger partial charge in [0.15, 0.2) is 0 Å². The molecule has 0 aliphatic heterocycles. The molecule has 0 heterocycles. The Morgan fingerprint density at radius 3 is 2.76 bits per heavy atom. The van der Waals surface area contributed by atoms with Crippen LogP contribution in [-0.4, -0.2) is 19.2 Å². The van der Waals surface area contributed by atoms with Gasteiger partial charge in [0, 0.05) is 6.54 Å². The zero-order chi connectivity index (χ0) is 14.8. The summed E-state index contributed by atoms with van der Waals surface area (Å²) >= 11 is 0. The van der Waals surface area contributed by atoms with Gasteiger partial charge in [-0.05, 0) is 30.2 Å². The van der Waals surface area contributed by atoms with Crippen LogP contribution in [0.4, 0.5) is 4.79 Å². The molecule has 0 aliphatic rings. The Bertz CT molecular complexity index is 528. The van der Waals surface area contributed by atoms with E-state index in [4.69, 9.17) is 9.47 Å². The van der Waals surface area contributed by atoms with Crippen LogP contribution >= 0.6 is 0 Å². The molecule has 0 atom stereocenters. The van der Waals surface area contributed by atoms with Gasteiger partial charge in [0.1, 0.15) is 12.4 Å². The summed E-state index contributed by atoms with van der Waals surface area (Å²) in [5.74, 6) is 0.782. The molecular formula is C17H18NO3. The number of alkyl carbamates (subject to hydrolysis) is 1. The zero-order valence-corrected chi connectivity index (χ0v) is 11.7.